The minimum Gasteiger partial charge on any atom is -0.349 e. The lowest BCUT2D eigenvalue weighted by molar-refractivity contribution is -0.120. The van der Waals surface area contributed by atoms with Gasteiger partial charge in [0.15, 0.2) is 0 Å². The third-order valence-corrected chi connectivity index (χ3v) is 4.47. The van der Waals surface area contributed by atoms with Gasteiger partial charge in [-0.25, -0.2) is 0 Å². The highest BCUT2D eigenvalue weighted by molar-refractivity contribution is 8.00. The Bertz CT molecular complexity index is 580. The third-order valence-electron chi connectivity index (χ3n) is 3.36. The molecule has 21 heavy (non-hydrogen) atoms. The highest BCUT2D eigenvalue weighted by atomic mass is 32.2. The second-order valence-corrected chi connectivity index (χ2v) is 6.63. The Morgan fingerprint density at radius 1 is 1.00 bits per heavy atom. The SMILES string of the molecule is Cc1ccc([C@@H](C)NC(=O)[C@H](C)Sc2ccccc2)cc1. The highest BCUT2D eigenvalue weighted by Crippen LogP contribution is 2.23. The van der Waals surface area contributed by atoms with Gasteiger partial charge in [-0.2, -0.15) is 0 Å². The van der Waals surface area contributed by atoms with E-state index in [1.807, 2.05) is 44.2 Å². The zero-order valence-corrected chi connectivity index (χ0v) is 13.5. The summed E-state index contributed by atoms with van der Waals surface area (Å²) < 4.78 is 0. The zero-order chi connectivity index (χ0) is 15.2. The van der Waals surface area contributed by atoms with Crippen LogP contribution in [0.25, 0.3) is 0 Å². The zero-order valence-electron chi connectivity index (χ0n) is 12.7. The number of benzene rings is 2. The minimum atomic E-state index is -0.111. The van der Waals surface area contributed by atoms with E-state index in [1.54, 1.807) is 11.8 Å². The van der Waals surface area contributed by atoms with E-state index in [0.717, 1.165) is 10.5 Å². The number of carbonyl (C=O) groups is 1. The highest BCUT2D eigenvalue weighted by Gasteiger charge is 2.17. The fraction of sp³-hybridized carbons (Fsp3) is 0.278. The maximum atomic E-state index is 12.3. The Labute approximate surface area is 131 Å². The van der Waals surface area contributed by atoms with Gasteiger partial charge >= 0.3 is 0 Å². The summed E-state index contributed by atoms with van der Waals surface area (Å²) in [4.78, 5) is 13.4. The molecule has 0 fully saturated rings. The molecule has 0 aromatic heterocycles. The van der Waals surface area contributed by atoms with Crippen molar-refractivity contribution in [2.45, 2.75) is 37.0 Å². The van der Waals surface area contributed by atoms with Crippen LogP contribution in [0.4, 0.5) is 0 Å². The lowest BCUT2D eigenvalue weighted by atomic mass is 10.1. The van der Waals surface area contributed by atoms with Crippen LogP contribution in [-0.2, 0) is 4.79 Å². The summed E-state index contributed by atoms with van der Waals surface area (Å²) in [6, 6.07) is 18.3. The summed E-state index contributed by atoms with van der Waals surface area (Å²) in [6.45, 7) is 6.02. The normalized spacial score (nSPS) is 13.5. The number of carbonyl (C=O) groups excluding carboxylic acids is 1. The number of nitrogens with one attached hydrogen (secondary N) is 1. The van der Waals surface area contributed by atoms with E-state index in [1.165, 1.54) is 5.56 Å². The van der Waals surface area contributed by atoms with Gasteiger partial charge in [0.1, 0.15) is 0 Å². The van der Waals surface area contributed by atoms with Crippen molar-refractivity contribution in [3.63, 3.8) is 0 Å². The number of amides is 1. The first-order valence-electron chi connectivity index (χ1n) is 7.15. The lowest BCUT2D eigenvalue weighted by Crippen LogP contribution is -2.33. The Morgan fingerprint density at radius 2 is 1.62 bits per heavy atom. The summed E-state index contributed by atoms with van der Waals surface area (Å²) >= 11 is 1.58. The van der Waals surface area contributed by atoms with Crippen LogP contribution in [0, 0.1) is 6.92 Å². The number of aryl methyl sites for hydroxylation is 1. The molecule has 110 valence electrons. The van der Waals surface area contributed by atoms with Gasteiger partial charge in [0.05, 0.1) is 11.3 Å². The van der Waals surface area contributed by atoms with Crippen LogP contribution in [-0.4, -0.2) is 11.2 Å². The molecule has 0 saturated carbocycles. The molecule has 0 bridgehead atoms. The van der Waals surface area contributed by atoms with Crippen molar-refractivity contribution in [3.8, 4) is 0 Å². The fourth-order valence-electron chi connectivity index (χ4n) is 2.03. The van der Waals surface area contributed by atoms with Crippen molar-refractivity contribution in [2.24, 2.45) is 0 Å². The molecule has 0 aliphatic heterocycles. The Kier molecular flexibility index (Phi) is 5.45. The molecule has 3 heteroatoms. The van der Waals surface area contributed by atoms with Gasteiger partial charge in [0.2, 0.25) is 5.91 Å². The molecular weight excluding hydrogens is 278 g/mol. The van der Waals surface area contributed by atoms with Crippen LogP contribution in [0.5, 0.6) is 0 Å². The van der Waals surface area contributed by atoms with Gasteiger partial charge in [-0.3, -0.25) is 4.79 Å². The molecule has 0 aliphatic rings. The quantitative estimate of drug-likeness (QED) is 0.831. The van der Waals surface area contributed by atoms with Gasteiger partial charge in [-0.15, -0.1) is 11.8 Å². The van der Waals surface area contributed by atoms with Crippen molar-refractivity contribution >= 4 is 17.7 Å². The van der Waals surface area contributed by atoms with E-state index >= 15 is 0 Å². The molecule has 2 rings (SSSR count). The molecule has 2 nitrogen and oxygen atoms in total. The minimum absolute atomic E-state index is 0.0249. The summed E-state index contributed by atoms with van der Waals surface area (Å²) in [7, 11) is 0. The summed E-state index contributed by atoms with van der Waals surface area (Å²) in [5, 5.41) is 2.97. The van der Waals surface area contributed by atoms with Crippen LogP contribution in [0.3, 0.4) is 0 Å². The Hall–Kier alpha value is -1.74. The van der Waals surface area contributed by atoms with Crippen molar-refractivity contribution in [1.82, 2.24) is 5.32 Å². The number of rotatable bonds is 5. The number of hydrogen-bond acceptors (Lipinski definition) is 2. The van der Waals surface area contributed by atoms with E-state index in [2.05, 4.69) is 36.5 Å². The van der Waals surface area contributed by atoms with Crippen LogP contribution in [0.2, 0.25) is 0 Å². The molecule has 0 saturated heterocycles. The van der Waals surface area contributed by atoms with Crippen LogP contribution >= 0.6 is 11.8 Å². The molecule has 0 heterocycles. The average Bonchev–Trinajstić information content (AvgIpc) is 2.48. The van der Waals surface area contributed by atoms with E-state index in [4.69, 9.17) is 0 Å². The first-order valence-corrected chi connectivity index (χ1v) is 8.03. The van der Waals surface area contributed by atoms with Crippen molar-refractivity contribution in [1.29, 1.82) is 0 Å². The van der Waals surface area contributed by atoms with Crippen molar-refractivity contribution < 1.29 is 4.79 Å². The predicted octanol–water partition coefficient (Wildman–Crippen LogP) is 4.35. The molecule has 0 aliphatic carbocycles. The summed E-state index contributed by atoms with van der Waals surface area (Å²) in [5.74, 6) is 0.0666. The second kappa shape index (κ2) is 7.32. The summed E-state index contributed by atoms with van der Waals surface area (Å²) in [6.07, 6.45) is 0. The van der Waals surface area contributed by atoms with Crippen molar-refractivity contribution in [2.75, 3.05) is 0 Å². The van der Waals surface area contributed by atoms with E-state index in [9.17, 15) is 4.79 Å². The standard InChI is InChI=1S/C18H21NOS/c1-13-9-11-16(12-10-13)14(2)19-18(20)15(3)21-17-7-5-4-6-8-17/h4-12,14-15H,1-3H3,(H,19,20)/t14-,15+/m1/s1. The molecule has 1 amide bonds. The van der Waals surface area contributed by atoms with Gasteiger partial charge in [-0.1, -0.05) is 48.0 Å². The number of thioether (sulfide) groups is 1. The molecule has 0 unspecified atom stereocenters. The first-order chi connectivity index (χ1) is 10.1. The van der Waals surface area contributed by atoms with Gasteiger partial charge in [0.25, 0.3) is 0 Å². The topological polar surface area (TPSA) is 29.1 Å². The maximum Gasteiger partial charge on any atom is 0.233 e. The van der Waals surface area contributed by atoms with Gasteiger partial charge in [-0.05, 0) is 38.5 Å². The predicted molar refractivity (Wildman–Crippen MR) is 89.5 cm³/mol. The summed E-state index contributed by atoms with van der Waals surface area (Å²) in [5.41, 5.74) is 2.36. The molecular formula is C18H21NOS. The average molecular weight is 299 g/mol. The maximum absolute atomic E-state index is 12.3. The van der Waals surface area contributed by atoms with Crippen LogP contribution in [0.15, 0.2) is 59.5 Å². The second-order valence-electron chi connectivity index (χ2n) is 5.21. The Balaban J connectivity index is 1.92. The van der Waals surface area contributed by atoms with E-state index in [0.29, 0.717) is 0 Å². The van der Waals surface area contributed by atoms with E-state index < -0.39 is 0 Å². The molecule has 0 radical (unpaired) electrons. The number of hydrogen-bond donors (Lipinski definition) is 1. The van der Waals surface area contributed by atoms with E-state index in [-0.39, 0.29) is 17.2 Å². The molecule has 0 spiro atoms. The van der Waals surface area contributed by atoms with Crippen LogP contribution in [0.1, 0.15) is 31.0 Å². The van der Waals surface area contributed by atoms with Gasteiger partial charge < -0.3 is 5.32 Å². The molecule has 2 aromatic carbocycles. The Morgan fingerprint density at radius 3 is 2.24 bits per heavy atom. The smallest absolute Gasteiger partial charge is 0.233 e. The monoisotopic (exact) mass is 299 g/mol. The fourth-order valence-corrected chi connectivity index (χ4v) is 2.92. The largest absolute Gasteiger partial charge is 0.349 e. The van der Waals surface area contributed by atoms with Gasteiger partial charge in [0, 0.05) is 4.90 Å². The molecule has 2 aromatic rings. The molecule has 2 atom stereocenters. The molecule has 1 N–H and O–H groups in total. The first kappa shape index (κ1) is 15.6. The van der Waals surface area contributed by atoms with Crippen LogP contribution < -0.4 is 5.32 Å². The third kappa shape index (κ3) is 4.64. The lowest BCUT2D eigenvalue weighted by Gasteiger charge is -2.18. The van der Waals surface area contributed by atoms with Crippen molar-refractivity contribution in [3.05, 3.63) is 65.7 Å².